The predicted octanol–water partition coefficient (Wildman–Crippen LogP) is 8.39. The van der Waals surface area contributed by atoms with Crippen molar-refractivity contribution in [3.63, 3.8) is 0 Å². The number of benzene rings is 2. The Balaban J connectivity index is 0.000000420. The van der Waals surface area contributed by atoms with Gasteiger partial charge < -0.3 is 10.0 Å². The van der Waals surface area contributed by atoms with Gasteiger partial charge in [-0.2, -0.15) is 0 Å². The molecule has 2 rings (SSSR count). The lowest BCUT2D eigenvalue weighted by Crippen LogP contribution is -2.43. The molecule has 0 aliphatic heterocycles. The largest absolute Gasteiger partial charge is 0.371 e. The predicted molar refractivity (Wildman–Crippen MR) is 153 cm³/mol. The summed E-state index contributed by atoms with van der Waals surface area (Å²) in [6, 6.07) is 12.1. The molecule has 0 spiro atoms. The van der Waals surface area contributed by atoms with E-state index in [0.717, 1.165) is 37.8 Å². The summed E-state index contributed by atoms with van der Waals surface area (Å²) in [5.74, 6) is 0.122. The zero-order chi connectivity index (χ0) is 27.5. The molecule has 3 unspecified atom stereocenters. The number of unbranched alkanes of at least 4 members (excludes halogenated alkanes) is 1. The highest BCUT2D eigenvalue weighted by Gasteiger charge is 2.31. The van der Waals surface area contributed by atoms with Crippen molar-refractivity contribution in [2.75, 3.05) is 11.9 Å². The van der Waals surface area contributed by atoms with Gasteiger partial charge in [-0.15, -0.1) is 0 Å². The summed E-state index contributed by atoms with van der Waals surface area (Å²) >= 11 is 0. The number of rotatable bonds is 12. The number of carbonyl (C=O) groups is 1. The Morgan fingerprint density at radius 1 is 1.06 bits per heavy atom. The van der Waals surface area contributed by atoms with Crippen LogP contribution in [0.4, 0.5) is 10.1 Å². The summed E-state index contributed by atoms with van der Waals surface area (Å²) < 4.78 is 12.5. The fraction of sp³-hybridized carbons (Fsp3) is 0.581. The highest BCUT2D eigenvalue weighted by Crippen LogP contribution is 2.47. The molecule has 0 saturated heterocycles. The van der Waals surface area contributed by atoms with Crippen molar-refractivity contribution in [3.8, 4) is 0 Å². The number of hydrogen-bond acceptors (Lipinski definition) is 3. The van der Waals surface area contributed by atoms with E-state index in [1.165, 1.54) is 35.4 Å². The number of Topliss-reactive ketones (excluding diaryl/α,β-unsaturated/α-hetero) is 1. The number of hydrogen-bond donors (Lipinski definition) is 1. The molecule has 2 aromatic carbocycles. The number of carbonyl (C=O) groups excluding carboxylic acids is 1. The second-order valence-electron chi connectivity index (χ2n) is 10.4. The van der Waals surface area contributed by atoms with Gasteiger partial charge in [0.2, 0.25) is 0 Å². The summed E-state index contributed by atoms with van der Waals surface area (Å²) in [5.41, 5.74) is 3.38. The highest BCUT2D eigenvalue weighted by molar-refractivity contribution is 6.15. The number of anilines is 1. The van der Waals surface area contributed by atoms with Gasteiger partial charge in [-0.1, -0.05) is 71.3 Å². The monoisotopic (exact) mass is 495 g/mol. The molecule has 2 aromatic rings. The molecular weight excluding hydrogens is 448 g/mol. The Labute approximate surface area is 220 Å². The molecule has 0 aliphatic carbocycles. The van der Waals surface area contributed by atoms with E-state index in [-0.39, 0.29) is 16.9 Å². The van der Waals surface area contributed by atoms with Crippen LogP contribution in [0.5, 0.6) is 0 Å². The second-order valence-corrected chi connectivity index (χ2v) is 10.4. The SMILES string of the molecule is CCCCC(=O)c1ccc(F)cc1.[B]C(C)(CCC)C(CC)c1cccc(N(C)C(C)(O)CC)c1C. The summed E-state index contributed by atoms with van der Waals surface area (Å²) in [6.45, 7) is 14.6. The Morgan fingerprint density at radius 2 is 1.67 bits per heavy atom. The summed E-state index contributed by atoms with van der Waals surface area (Å²) in [7, 11) is 8.62. The van der Waals surface area contributed by atoms with Crippen LogP contribution in [0.3, 0.4) is 0 Å². The Morgan fingerprint density at radius 3 is 2.17 bits per heavy atom. The van der Waals surface area contributed by atoms with E-state index in [4.69, 9.17) is 7.85 Å². The van der Waals surface area contributed by atoms with Crippen LogP contribution in [-0.2, 0) is 0 Å². The van der Waals surface area contributed by atoms with Crippen LogP contribution in [0.25, 0.3) is 0 Å². The zero-order valence-electron chi connectivity index (χ0n) is 23.8. The van der Waals surface area contributed by atoms with Gasteiger partial charge in [0, 0.05) is 24.7 Å². The lowest BCUT2D eigenvalue weighted by Gasteiger charge is -2.39. The molecule has 5 heteroatoms. The summed E-state index contributed by atoms with van der Waals surface area (Å²) in [6.07, 6.45) is 6.26. The Bertz CT molecular complexity index is 940. The molecule has 0 aromatic heterocycles. The van der Waals surface area contributed by atoms with Crippen molar-refractivity contribution in [3.05, 3.63) is 65.0 Å². The maximum absolute atomic E-state index is 12.5. The number of aliphatic hydroxyl groups is 1. The van der Waals surface area contributed by atoms with E-state index >= 15 is 0 Å². The maximum Gasteiger partial charge on any atom is 0.162 e. The first-order chi connectivity index (χ1) is 16.9. The van der Waals surface area contributed by atoms with Crippen molar-refractivity contribution >= 4 is 19.3 Å². The van der Waals surface area contributed by atoms with Gasteiger partial charge in [0.15, 0.2) is 5.78 Å². The van der Waals surface area contributed by atoms with Crippen LogP contribution in [0.2, 0.25) is 5.31 Å². The lowest BCUT2D eigenvalue weighted by atomic mass is 9.56. The fourth-order valence-corrected chi connectivity index (χ4v) is 4.75. The molecule has 2 radical (unpaired) electrons. The van der Waals surface area contributed by atoms with Gasteiger partial charge in [0.1, 0.15) is 11.5 Å². The first-order valence-electron chi connectivity index (χ1n) is 13.5. The molecule has 0 aliphatic rings. The minimum absolute atomic E-state index is 0.0989. The minimum Gasteiger partial charge on any atom is -0.371 e. The van der Waals surface area contributed by atoms with E-state index in [2.05, 4.69) is 45.9 Å². The van der Waals surface area contributed by atoms with E-state index in [9.17, 15) is 14.3 Å². The molecule has 1 N–H and O–H groups in total. The van der Waals surface area contributed by atoms with Gasteiger partial charge in [-0.05, 0) is 80.5 Å². The molecule has 0 saturated carbocycles. The smallest absolute Gasteiger partial charge is 0.162 e. The topological polar surface area (TPSA) is 40.5 Å². The van der Waals surface area contributed by atoms with Crippen molar-refractivity contribution in [1.82, 2.24) is 0 Å². The van der Waals surface area contributed by atoms with Gasteiger partial charge >= 0.3 is 0 Å². The van der Waals surface area contributed by atoms with Crippen LogP contribution in [0.1, 0.15) is 114 Å². The molecule has 0 amide bonds. The first-order valence-corrected chi connectivity index (χ1v) is 13.5. The molecule has 3 atom stereocenters. The molecular formula is C31H47BFNO2. The maximum atomic E-state index is 12.5. The number of halogens is 1. The third kappa shape index (κ3) is 8.76. The normalized spacial score (nSPS) is 15.2. The third-order valence-corrected chi connectivity index (χ3v) is 7.39. The average Bonchev–Trinajstić information content (AvgIpc) is 2.84. The summed E-state index contributed by atoms with van der Waals surface area (Å²) in [4.78, 5) is 13.4. The standard InChI is InChI=1S/C20H34BNO.C11H13FO/c1-8-14-19(5,21)17(9-2)16-12-11-13-18(15(16)4)22(7)20(6,23)10-3;1-2-3-4-11(13)9-5-7-10(12)8-6-9/h11-13,17,23H,8-10,14H2,1-7H3;5-8H,2-4H2,1H3. The molecule has 198 valence electrons. The average molecular weight is 496 g/mol. The minimum atomic E-state index is -0.847. The van der Waals surface area contributed by atoms with E-state index in [1.807, 2.05) is 32.7 Å². The van der Waals surface area contributed by atoms with E-state index in [0.29, 0.717) is 24.3 Å². The van der Waals surface area contributed by atoms with Crippen LogP contribution in [-0.4, -0.2) is 31.5 Å². The Hall–Kier alpha value is -2.14. The van der Waals surface area contributed by atoms with Crippen molar-refractivity contribution in [1.29, 1.82) is 0 Å². The van der Waals surface area contributed by atoms with Gasteiger partial charge in [-0.25, -0.2) is 4.39 Å². The van der Waals surface area contributed by atoms with Gasteiger partial charge in [0.05, 0.1) is 7.85 Å². The molecule has 0 heterocycles. The van der Waals surface area contributed by atoms with Crippen molar-refractivity contribution in [2.24, 2.45) is 0 Å². The van der Waals surface area contributed by atoms with Crippen LogP contribution in [0, 0.1) is 12.7 Å². The molecule has 36 heavy (non-hydrogen) atoms. The highest BCUT2D eigenvalue weighted by atomic mass is 19.1. The lowest BCUT2D eigenvalue weighted by molar-refractivity contribution is 0.0570. The quantitative estimate of drug-likeness (QED) is 0.183. The van der Waals surface area contributed by atoms with E-state index < -0.39 is 5.72 Å². The van der Waals surface area contributed by atoms with Crippen LogP contribution >= 0.6 is 0 Å². The number of ketones is 1. The van der Waals surface area contributed by atoms with Gasteiger partial charge in [0.25, 0.3) is 0 Å². The van der Waals surface area contributed by atoms with E-state index in [1.54, 1.807) is 0 Å². The summed E-state index contributed by atoms with van der Waals surface area (Å²) in [5, 5.41) is 10.4. The van der Waals surface area contributed by atoms with Crippen molar-refractivity contribution in [2.45, 2.75) is 110 Å². The molecule has 3 nitrogen and oxygen atoms in total. The molecule has 0 fully saturated rings. The van der Waals surface area contributed by atoms with Crippen molar-refractivity contribution < 1.29 is 14.3 Å². The molecule has 0 bridgehead atoms. The van der Waals surface area contributed by atoms with Gasteiger partial charge in [-0.3, -0.25) is 4.79 Å². The fourth-order valence-electron chi connectivity index (χ4n) is 4.75. The second kappa shape index (κ2) is 14.6. The van der Waals surface area contributed by atoms with Crippen LogP contribution in [0.15, 0.2) is 42.5 Å². The van der Waals surface area contributed by atoms with Crippen LogP contribution < -0.4 is 4.90 Å². The third-order valence-electron chi connectivity index (χ3n) is 7.39. The zero-order valence-corrected chi connectivity index (χ0v) is 23.8. The Kier molecular flexibility index (Phi) is 12.9. The number of nitrogens with zero attached hydrogens (tertiary/aromatic N) is 1. The first kappa shape index (κ1) is 31.9.